The first-order chi connectivity index (χ1) is 2.56. The molecular weight excluding hydrogens is 92.1 g/mol. The topological polar surface area (TPSA) is 0 Å². The highest BCUT2D eigenvalue weighted by atomic mass is 32.1. The molecule has 0 aliphatic heterocycles. The van der Waals surface area contributed by atoms with E-state index in [2.05, 4.69) is 18.5 Å². The molecule has 0 aromatic carbocycles. The Hall–Kier alpha value is -0.0900. The minimum absolute atomic E-state index is 0.236. The van der Waals surface area contributed by atoms with Crippen LogP contribution in [0.25, 0.3) is 0 Å². The molecule has 0 spiro atoms. The monoisotopic (exact) mass is 100 g/mol. The van der Waals surface area contributed by atoms with Crippen LogP contribution in [0.1, 0.15) is 13.8 Å². The summed E-state index contributed by atoms with van der Waals surface area (Å²) in [5, 5.41) is 0. The Bertz CT molecular complexity index is 70.9. The van der Waals surface area contributed by atoms with Crippen molar-refractivity contribution in [1.29, 1.82) is 0 Å². The molecule has 0 radical (unpaired) electrons. The molecule has 0 saturated heterocycles. The first kappa shape index (κ1) is 5.91. The molecule has 0 N–H and O–H groups in total. The minimum Gasteiger partial charge on any atom is -0.160 e. The third-order valence-electron chi connectivity index (χ3n) is 0.353. The SMILES string of the molecule is C#CC(C)(C)S. The van der Waals surface area contributed by atoms with E-state index >= 15 is 0 Å². The first-order valence-corrected chi connectivity index (χ1v) is 2.21. The largest absolute Gasteiger partial charge is 0.160 e. The van der Waals surface area contributed by atoms with Crippen LogP contribution < -0.4 is 0 Å². The van der Waals surface area contributed by atoms with Gasteiger partial charge in [-0.25, -0.2) is 0 Å². The van der Waals surface area contributed by atoms with Gasteiger partial charge in [0.2, 0.25) is 0 Å². The van der Waals surface area contributed by atoms with Gasteiger partial charge in [0, 0.05) is 0 Å². The average molecular weight is 100 g/mol. The molecule has 0 bridgehead atoms. The highest BCUT2D eigenvalue weighted by Gasteiger charge is 2.02. The predicted molar refractivity (Wildman–Crippen MR) is 31.9 cm³/mol. The second kappa shape index (κ2) is 1.57. The summed E-state index contributed by atoms with van der Waals surface area (Å²) in [5.74, 6) is 2.47. The Labute approximate surface area is 44.4 Å². The third-order valence-corrected chi connectivity index (χ3v) is 0.482. The lowest BCUT2D eigenvalue weighted by atomic mass is 10.2. The van der Waals surface area contributed by atoms with Crippen molar-refractivity contribution >= 4 is 12.6 Å². The van der Waals surface area contributed by atoms with Crippen molar-refractivity contribution in [3.8, 4) is 12.3 Å². The van der Waals surface area contributed by atoms with Crippen molar-refractivity contribution in [2.24, 2.45) is 0 Å². The number of hydrogen-bond donors (Lipinski definition) is 1. The molecular formula is C5H8S. The molecule has 0 aliphatic carbocycles. The van der Waals surface area contributed by atoms with Gasteiger partial charge in [-0.2, -0.15) is 12.6 Å². The van der Waals surface area contributed by atoms with Crippen LogP contribution in [0.5, 0.6) is 0 Å². The third kappa shape index (κ3) is 3.91. The fraction of sp³-hybridized carbons (Fsp3) is 0.600. The molecule has 1 heteroatoms. The molecule has 0 aliphatic rings. The Morgan fingerprint density at radius 1 is 1.67 bits per heavy atom. The van der Waals surface area contributed by atoms with Gasteiger partial charge >= 0.3 is 0 Å². The van der Waals surface area contributed by atoms with Crippen LogP contribution in [0.2, 0.25) is 0 Å². The molecule has 0 aromatic rings. The summed E-state index contributed by atoms with van der Waals surface area (Å²) in [7, 11) is 0. The van der Waals surface area contributed by atoms with Crippen molar-refractivity contribution in [2.45, 2.75) is 18.6 Å². The summed E-state index contributed by atoms with van der Waals surface area (Å²) in [6.45, 7) is 3.74. The summed E-state index contributed by atoms with van der Waals surface area (Å²) in [4.78, 5) is 0. The van der Waals surface area contributed by atoms with Crippen LogP contribution in [0.3, 0.4) is 0 Å². The summed E-state index contributed by atoms with van der Waals surface area (Å²) < 4.78 is -0.236. The molecule has 0 saturated carbocycles. The fourth-order valence-electron chi connectivity index (χ4n) is 0. The maximum atomic E-state index is 4.98. The Balaban J connectivity index is 3.55. The van der Waals surface area contributed by atoms with Crippen molar-refractivity contribution in [2.75, 3.05) is 0 Å². The van der Waals surface area contributed by atoms with E-state index in [0.717, 1.165) is 0 Å². The number of terminal acetylenes is 1. The molecule has 0 amide bonds. The predicted octanol–water partition coefficient (Wildman–Crippen LogP) is 1.33. The number of thiol groups is 1. The summed E-state index contributed by atoms with van der Waals surface area (Å²) >= 11 is 4.02. The summed E-state index contributed by atoms with van der Waals surface area (Å²) in [5.41, 5.74) is 0. The van der Waals surface area contributed by atoms with Crippen LogP contribution >= 0.6 is 12.6 Å². The molecule has 34 valence electrons. The minimum atomic E-state index is -0.236. The van der Waals surface area contributed by atoms with Crippen molar-refractivity contribution in [3.63, 3.8) is 0 Å². The number of rotatable bonds is 0. The lowest BCUT2D eigenvalue weighted by molar-refractivity contribution is 0.945. The van der Waals surface area contributed by atoms with E-state index < -0.39 is 0 Å². The van der Waals surface area contributed by atoms with E-state index in [9.17, 15) is 0 Å². The molecule has 0 heterocycles. The van der Waals surface area contributed by atoms with Crippen molar-refractivity contribution in [1.82, 2.24) is 0 Å². The average Bonchev–Trinajstić information content (AvgIpc) is 1.35. The highest BCUT2D eigenvalue weighted by Crippen LogP contribution is 2.07. The van der Waals surface area contributed by atoms with Crippen LogP contribution in [0.4, 0.5) is 0 Å². The molecule has 0 rings (SSSR count). The van der Waals surface area contributed by atoms with E-state index in [-0.39, 0.29) is 4.75 Å². The fourth-order valence-corrected chi connectivity index (χ4v) is 0. The van der Waals surface area contributed by atoms with Crippen molar-refractivity contribution < 1.29 is 0 Å². The zero-order valence-corrected chi connectivity index (χ0v) is 4.92. The standard InChI is InChI=1S/C5H8S/c1-4-5(2,3)6/h1,6H,2-3H3. The Kier molecular flexibility index (Phi) is 1.55. The van der Waals surface area contributed by atoms with Crippen molar-refractivity contribution in [3.05, 3.63) is 0 Å². The zero-order chi connectivity index (χ0) is 5.21. The highest BCUT2D eigenvalue weighted by molar-refractivity contribution is 7.82. The van der Waals surface area contributed by atoms with Gasteiger partial charge in [0.15, 0.2) is 0 Å². The normalized spacial score (nSPS) is 10.3. The lowest BCUT2D eigenvalue weighted by Crippen LogP contribution is -2.03. The van der Waals surface area contributed by atoms with E-state index in [1.807, 2.05) is 13.8 Å². The van der Waals surface area contributed by atoms with Gasteiger partial charge in [-0.05, 0) is 13.8 Å². The lowest BCUT2D eigenvalue weighted by Gasteiger charge is -2.03. The van der Waals surface area contributed by atoms with Gasteiger partial charge in [0.1, 0.15) is 0 Å². The molecule has 0 unspecified atom stereocenters. The summed E-state index contributed by atoms with van der Waals surface area (Å²) in [6.07, 6.45) is 4.98. The first-order valence-electron chi connectivity index (χ1n) is 1.76. The Morgan fingerprint density at radius 2 is 1.83 bits per heavy atom. The van der Waals surface area contributed by atoms with Crippen LogP contribution in [0, 0.1) is 12.3 Å². The Morgan fingerprint density at radius 3 is 1.83 bits per heavy atom. The molecule has 0 aromatic heterocycles. The van der Waals surface area contributed by atoms with Gasteiger partial charge in [-0.15, -0.1) is 6.42 Å². The quantitative estimate of drug-likeness (QED) is 0.344. The van der Waals surface area contributed by atoms with Gasteiger partial charge < -0.3 is 0 Å². The van der Waals surface area contributed by atoms with Crippen LogP contribution in [-0.2, 0) is 0 Å². The van der Waals surface area contributed by atoms with E-state index in [1.165, 1.54) is 0 Å². The maximum Gasteiger partial charge on any atom is 0.0677 e. The smallest absolute Gasteiger partial charge is 0.0677 e. The molecule has 0 atom stereocenters. The molecule has 6 heavy (non-hydrogen) atoms. The maximum absolute atomic E-state index is 4.98. The van der Waals surface area contributed by atoms with E-state index in [1.54, 1.807) is 0 Å². The second-order valence-electron chi connectivity index (χ2n) is 1.70. The van der Waals surface area contributed by atoms with Crippen LogP contribution in [0.15, 0.2) is 0 Å². The molecule has 0 fully saturated rings. The van der Waals surface area contributed by atoms with E-state index in [0.29, 0.717) is 0 Å². The second-order valence-corrected chi connectivity index (χ2v) is 2.82. The van der Waals surface area contributed by atoms with Crippen LogP contribution in [-0.4, -0.2) is 4.75 Å². The van der Waals surface area contributed by atoms with Gasteiger partial charge in [0.05, 0.1) is 4.75 Å². The van der Waals surface area contributed by atoms with Gasteiger partial charge in [0.25, 0.3) is 0 Å². The van der Waals surface area contributed by atoms with E-state index in [4.69, 9.17) is 6.42 Å². The zero-order valence-electron chi connectivity index (χ0n) is 4.02. The summed E-state index contributed by atoms with van der Waals surface area (Å²) in [6, 6.07) is 0. The molecule has 0 nitrogen and oxygen atoms in total. The van der Waals surface area contributed by atoms with Gasteiger partial charge in [-0.1, -0.05) is 5.92 Å². The van der Waals surface area contributed by atoms with Gasteiger partial charge in [-0.3, -0.25) is 0 Å². The number of hydrogen-bond acceptors (Lipinski definition) is 1.